The second-order valence-electron chi connectivity index (χ2n) is 4.47. The number of benzene rings is 1. The van der Waals surface area contributed by atoms with Crippen LogP contribution in [0.15, 0.2) is 41.3 Å². The fraction of sp³-hybridized carbons (Fsp3) is 0.214. The van der Waals surface area contributed by atoms with E-state index in [1.54, 1.807) is 28.8 Å². The van der Waals surface area contributed by atoms with Crippen molar-refractivity contribution in [3.63, 3.8) is 0 Å². The summed E-state index contributed by atoms with van der Waals surface area (Å²) in [7, 11) is 0. The topological polar surface area (TPSA) is 64.0 Å². The van der Waals surface area contributed by atoms with E-state index < -0.39 is 0 Å². The first-order valence-corrected chi connectivity index (χ1v) is 6.21. The molecule has 1 aromatic heterocycles. The summed E-state index contributed by atoms with van der Waals surface area (Å²) in [5, 5.41) is 2.62. The molecule has 96 valence electrons. The minimum Gasteiger partial charge on any atom is -0.316 e. The number of hydrogen-bond acceptors (Lipinski definition) is 3. The maximum atomic E-state index is 12.1. The van der Waals surface area contributed by atoms with Gasteiger partial charge in [-0.25, -0.2) is 4.98 Å². The molecule has 2 aromatic rings. The Morgan fingerprint density at radius 1 is 1.26 bits per heavy atom. The smallest absolute Gasteiger partial charge is 0.277 e. The Kier molecular flexibility index (Phi) is 2.87. The van der Waals surface area contributed by atoms with E-state index in [0.29, 0.717) is 12.1 Å². The molecule has 1 aliphatic rings. The van der Waals surface area contributed by atoms with Gasteiger partial charge in [0, 0.05) is 18.5 Å². The van der Waals surface area contributed by atoms with Crippen LogP contribution in [0.3, 0.4) is 0 Å². The second-order valence-corrected chi connectivity index (χ2v) is 4.47. The summed E-state index contributed by atoms with van der Waals surface area (Å²) in [4.78, 5) is 28.3. The quantitative estimate of drug-likeness (QED) is 0.883. The number of carbonyl (C=O) groups excluding carboxylic acids is 1. The Balaban J connectivity index is 1.89. The Labute approximate surface area is 109 Å². The molecule has 19 heavy (non-hydrogen) atoms. The van der Waals surface area contributed by atoms with Gasteiger partial charge in [-0.3, -0.25) is 14.2 Å². The lowest BCUT2D eigenvalue weighted by molar-refractivity contribution is 0.102. The number of fused-ring (bicyclic) bond motifs is 1. The highest BCUT2D eigenvalue weighted by Crippen LogP contribution is 2.11. The van der Waals surface area contributed by atoms with E-state index in [2.05, 4.69) is 10.3 Å². The fourth-order valence-corrected chi connectivity index (χ4v) is 2.22. The van der Waals surface area contributed by atoms with Gasteiger partial charge in [0.05, 0.1) is 6.20 Å². The van der Waals surface area contributed by atoms with E-state index in [0.717, 1.165) is 18.7 Å². The van der Waals surface area contributed by atoms with Crippen molar-refractivity contribution in [3.05, 3.63) is 58.3 Å². The molecule has 5 heteroatoms. The summed E-state index contributed by atoms with van der Waals surface area (Å²) in [6.45, 7) is 0.677. The highest BCUT2D eigenvalue weighted by Gasteiger charge is 2.16. The van der Waals surface area contributed by atoms with Crippen molar-refractivity contribution in [1.29, 1.82) is 0 Å². The van der Waals surface area contributed by atoms with Crippen LogP contribution in [0.25, 0.3) is 0 Å². The number of amides is 1. The lowest BCUT2D eigenvalue weighted by Crippen LogP contribution is -2.26. The summed E-state index contributed by atoms with van der Waals surface area (Å²) in [5.74, 6) is 0.501. The molecule has 1 amide bonds. The Bertz CT molecular complexity index is 677. The van der Waals surface area contributed by atoms with Crippen molar-refractivity contribution in [2.75, 3.05) is 5.32 Å². The lowest BCUT2D eigenvalue weighted by atomic mass is 10.2. The Hall–Kier alpha value is -2.43. The molecule has 1 N–H and O–H groups in total. The van der Waals surface area contributed by atoms with Crippen LogP contribution in [0.1, 0.15) is 22.6 Å². The van der Waals surface area contributed by atoms with E-state index in [9.17, 15) is 9.59 Å². The molecule has 0 unspecified atom stereocenters. The molecule has 0 bridgehead atoms. The third-order valence-corrected chi connectivity index (χ3v) is 3.20. The monoisotopic (exact) mass is 255 g/mol. The summed E-state index contributed by atoms with van der Waals surface area (Å²) in [5.41, 5.74) is 0.582. The molecule has 2 heterocycles. The number of carbonyl (C=O) groups is 1. The van der Waals surface area contributed by atoms with Gasteiger partial charge in [0.15, 0.2) is 0 Å². The standard InChI is InChI=1S/C14H13N3O2/c18-13(10-5-2-1-3-6-10)16-11-9-15-12-7-4-8-17(12)14(11)19/h1-3,5-6,9H,4,7-8H2,(H,16,18). The van der Waals surface area contributed by atoms with Crippen molar-refractivity contribution < 1.29 is 4.79 Å². The molecule has 0 spiro atoms. The van der Waals surface area contributed by atoms with Crippen LogP contribution in [0.5, 0.6) is 0 Å². The van der Waals surface area contributed by atoms with Crippen molar-refractivity contribution >= 4 is 11.6 Å². The molecule has 5 nitrogen and oxygen atoms in total. The fourth-order valence-electron chi connectivity index (χ4n) is 2.22. The van der Waals surface area contributed by atoms with Crippen molar-refractivity contribution in [2.24, 2.45) is 0 Å². The largest absolute Gasteiger partial charge is 0.316 e. The van der Waals surface area contributed by atoms with Crippen molar-refractivity contribution in [1.82, 2.24) is 9.55 Å². The third-order valence-electron chi connectivity index (χ3n) is 3.20. The molecule has 0 radical (unpaired) electrons. The number of nitrogens with one attached hydrogen (secondary N) is 1. The SMILES string of the molecule is O=C(Nc1cnc2n(c1=O)CCC2)c1ccccc1. The van der Waals surface area contributed by atoms with Crippen molar-refractivity contribution in [3.8, 4) is 0 Å². The minimum atomic E-state index is -0.293. The van der Waals surface area contributed by atoms with Gasteiger partial charge in [0.1, 0.15) is 11.5 Å². The van der Waals surface area contributed by atoms with Gasteiger partial charge in [0.25, 0.3) is 11.5 Å². The minimum absolute atomic E-state index is 0.174. The molecule has 3 rings (SSSR count). The summed E-state index contributed by atoms with van der Waals surface area (Å²) in [6, 6.07) is 8.80. The number of aromatic nitrogens is 2. The maximum absolute atomic E-state index is 12.1. The maximum Gasteiger partial charge on any atom is 0.277 e. The lowest BCUT2D eigenvalue weighted by Gasteiger charge is -2.07. The van der Waals surface area contributed by atoms with Crippen LogP contribution in [-0.4, -0.2) is 15.5 Å². The number of anilines is 1. The molecule has 1 aliphatic heterocycles. The average Bonchev–Trinajstić information content (AvgIpc) is 2.92. The first-order chi connectivity index (χ1) is 9.25. The van der Waals surface area contributed by atoms with E-state index in [1.807, 2.05) is 6.07 Å². The number of hydrogen-bond donors (Lipinski definition) is 1. The molecule has 0 saturated heterocycles. The molecular weight excluding hydrogens is 242 g/mol. The Morgan fingerprint density at radius 2 is 2.05 bits per heavy atom. The molecular formula is C14H13N3O2. The zero-order valence-electron chi connectivity index (χ0n) is 10.3. The molecule has 0 fully saturated rings. The van der Waals surface area contributed by atoms with Crippen LogP contribution in [-0.2, 0) is 13.0 Å². The molecule has 1 aromatic carbocycles. The summed E-state index contributed by atoms with van der Waals surface area (Å²) in [6.07, 6.45) is 3.20. The zero-order chi connectivity index (χ0) is 13.2. The second kappa shape index (κ2) is 4.68. The highest BCUT2D eigenvalue weighted by atomic mass is 16.2. The van der Waals surface area contributed by atoms with Crippen LogP contribution in [0.2, 0.25) is 0 Å². The van der Waals surface area contributed by atoms with Gasteiger partial charge < -0.3 is 5.32 Å². The van der Waals surface area contributed by atoms with Crippen molar-refractivity contribution in [2.45, 2.75) is 19.4 Å². The summed E-state index contributed by atoms with van der Waals surface area (Å²) >= 11 is 0. The third kappa shape index (κ3) is 2.14. The van der Waals surface area contributed by atoms with Gasteiger partial charge in [-0.05, 0) is 18.6 Å². The van der Waals surface area contributed by atoms with Gasteiger partial charge >= 0.3 is 0 Å². The van der Waals surface area contributed by atoms with Gasteiger partial charge in [-0.2, -0.15) is 0 Å². The Morgan fingerprint density at radius 3 is 2.84 bits per heavy atom. The highest BCUT2D eigenvalue weighted by molar-refractivity contribution is 6.04. The summed E-state index contributed by atoms with van der Waals surface area (Å²) < 4.78 is 1.63. The van der Waals surface area contributed by atoms with E-state index in [4.69, 9.17) is 0 Å². The first-order valence-electron chi connectivity index (χ1n) is 6.21. The number of aryl methyl sites for hydroxylation is 1. The predicted molar refractivity (Wildman–Crippen MR) is 71.2 cm³/mol. The van der Waals surface area contributed by atoms with Crippen LogP contribution >= 0.6 is 0 Å². The predicted octanol–water partition coefficient (Wildman–Crippen LogP) is 1.44. The first kappa shape index (κ1) is 11.6. The normalized spacial score (nSPS) is 13.1. The number of nitrogens with zero attached hydrogens (tertiary/aromatic N) is 2. The van der Waals surface area contributed by atoms with E-state index >= 15 is 0 Å². The zero-order valence-corrected chi connectivity index (χ0v) is 10.3. The van der Waals surface area contributed by atoms with Crippen LogP contribution in [0.4, 0.5) is 5.69 Å². The molecule has 0 saturated carbocycles. The van der Waals surface area contributed by atoms with E-state index in [-0.39, 0.29) is 17.2 Å². The number of rotatable bonds is 2. The van der Waals surface area contributed by atoms with Crippen LogP contribution < -0.4 is 10.9 Å². The van der Waals surface area contributed by atoms with Gasteiger partial charge in [-0.15, -0.1) is 0 Å². The van der Waals surface area contributed by atoms with Crippen LogP contribution in [0, 0.1) is 0 Å². The van der Waals surface area contributed by atoms with Gasteiger partial charge in [0.2, 0.25) is 0 Å². The molecule has 0 atom stereocenters. The average molecular weight is 255 g/mol. The van der Waals surface area contributed by atoms with Gasteiger partial charge in [-0.1, -0.05) is 18.2 Å². The molecule has 0 aliphatic carbocycles. The van der Waals surface area contributed by atoms with E-state index in [1.165, 1.54) is 6.20 Å².